The van der Waals surface area contributed by atoms with Crippen molar-refractivity contribution in [3.63, 3.8) is 0 Å². The minimum absolute atomic E-state index is 0.0868. The van der Waals surface area contributed by atoms with Gasteiger partial charge in [-0.25, -0.2) is 0 Å². The number of amides is 1. The van der Waals surface area contributed by atoms with E-state index in [-0.39, 0.29) is 11.9 Å². The minimum Gasteiger partial charge on any atom is -0.360 e. The van der Waals surface area contributed by atoms with Crippen molar-refractivity contribution in [1.82, 2.24) is 10.1 Å². The lowest BCUT2D eigenvalue weighted by atomic mass is 9.99. The number of hydrogen-bond donors (Lipinski definition) is 0. The summed E-state index contributed by atoms with van der Waals surface area (Å²) in [6.07, 6.45) is 0. The highest BCUT2D eigenvalue weighted by atomic mass is 35.5. The fraction of sp³-hybridized carbons (Fsp3) is 0.214. The van der Waals surface area contributed by atoms with Crippen molar-refractivity contribution in [3.8, 4) is 11.3 Å². The van der Waals surface area contributed by atoms with Crippen LogP contribution in [0.3, 0.4) is 0 Å². The van der Waals surface area contributed by atoms with Gasteiger partial charge >= 0.3 is 0 Å². The highest BCUT2D eigenvalue weighted by molar-refractivity contribution is 6.33. The van der Waals surface area contributed by atoms with E-state index in [1.54, 1.807) is 0 Å². The summed E-state index contributed by atoms with van der Waals surface area (Å²) in [4.78, 5) is 18.0. The van der Waals surface area contributed by atoms with Gasteiger partial charge in [0.15, 0.2) is 5.76 Å². The molecule has 1 atom stereocenters. The molecule has 1 amide bonds. The van der Waals surface area contributed by atoms with Crippen molar-refractivity contribution >= 4 is 34.8 Å². The maximum atomic E-state index is 13.8. The van der Waals surface area contributed by atoms with E-state index in [4.69, 9.17) is 27.7 Å². The first kappa shape index (κ1) is 23.5. The predicted molar refractivity (Wildman–Crippen MR) is 140 cm³/mol. The third-order valence-corrected chi connectivity index (χ3v) is 7.00. The molecule has 5 rings (SSSR count). The van der Waals surface area contributed by atoms with Crippen LogP contribution in [-0.2, 0) is 0 Å². The van der Waals surface area contributed by atoms with E-state index < -0.39 is 0 Å². The summed E-state index contributed by atoms with van der Waals surface area (Å²) >= 11 is 12.8. The predicted octanol–water partition coefficient (Wildman–Crippen LogP) is 6.97. The molecule has 7 heteroatoms. The Labute approximate surface area is 214 Å². The number of anilines is 1. The zero-order chi connectivity index (χ0) is 24.5. The summed E-state index contributed by atoms with van der Waals surface area (Å²) in [5, 5.41) is 5.48. The molecule has 1 unspecified atom stereocenters. The SMILES string of the molecule is Cc1ccc(N2CCN(C(=O)c3c(C)noc3-c3ccccc3)CC2c2ccc(Cl)cc2)c(Cl)c1. The van der Waals surface area contributed by atoms with Gasteiger partial charge in [-0.05, 0) is 49.2 Å². The molecule has 35 heavy (non-hydrogen) atoms. The summed E-state index contributed by atoms with van der Waals surface area (Å²) < 4.78 is 5.60. The number of hydrogen-bond acceptors (Lipinski definition) is 4. The highest BCUT2D eigenvalue weighted by Crippen LogP contribution is 2.37. The van der Waals surface area contributed by atoms with Crippen molar-refractivity contribution in [1.29, 1.82) is 0 Å². The van der Waals surface area contributed by atoms with Crippen LogP contribution in [-0.4, -0.2) is 35.6 Å². The van der Waals surface area contributed by atoms with Gasteiger partial charge in [0.05, 0.1) is 22.4 Å². The standard InChI is InChI=1S/C28H25Cl2N3O2/c1-18-8-13-24(23(30)16-18)33-15-14-32(17-25(33)20-9-11-22(29)12-10-20)28(34)26-19(2)31-35-27(26)21-6-4-3-5-7-21/h3-13,16,25H,14-15,17H2,1-2H3. The number of carbonyl (C=O) groups excluding carboxylic acids is 1. The van der Waals surface area contributed by atoms with E-state index in [2.05, 4.69) is 22.2 Å². The molecule has 178 valence electrons. The van der Waals surface area contributed by atoms with Crippen LogP contribution in [0.1, 0.15) is 33.2 Å². The van der Waals surface area contributed by atoms with Crippen LogP contribution >= 0.6 is 23.2 Å². The first-order valence-corrected chi connectivity index (χ1v) is 12.3. The molecule has 0 radical (unpaired) electrons. The Hall–Kier alpha value is -3.28. The van der Waals surface area contributed by atoms with Crippen molar-refractivity contribution in [2.45, 2.75) is 19.9 Å². The Morgan fingerprint density at radius 2 is 1.71 bits per heavy atom. The molecule has 1 aromatic heterocycles. The van der Waals surface area contributed by atoms with Crippen LogP contribution in [0.25, 0.3) is 11.3 Å². The minimum atomic E-state index is -0.0921. The number of benzene rings is 3. The Balaban J connectivity index is 1.50. The molecular formula is C28H25Cl2N3O2. The lowest BCUT2D eigenvalue weighted by molar-refractivity contribution is 0.0721. The van der Waals surface area contributed by atoms with Crippen LogP contribution in [0.5, 0.6) is 0 Å². The Morgan fingerprint density at radius 1 is 0.971 bits per heavy atom. The molecule has 1 fully saturated rings. The number of piperazine rings is 1. The maximum absolute atomic E-state index is 13.8. The second kappa shape index (κ2) is 9.76. The zero-order valence-corrected chi connectivity index (χ0v) is 21.1. The Morgan fingerprint density at radius 3 is 2.43 bits per heavy atom. The van der Waals surface area contributed by atoms with Crippen LogP contribution < -0.4 is 4.90 Å². The van der Waals surface area contributed by atoms with E-state index in [9.17, 15) is 4.79 Å². The van der Waals surface area contributed by atoms with E-state index in [0.717, 1.165) is 22.4 Å². The van der Waals surface area contributed by atoms with Crippen LogP contribution in [0, 0.1) is 13.8 Å². The fourth-order valence-corrected chi connectivity index (χ4v) is 5.11. The Bertz CT molecular complexity index is 1350. The summed E-state index contributed by atoms with van der Waals surface area (Å²) in [5.74, 6) is 0.413. The van der Waals surface area contributed by atoms with Crippen molar-refractivity contribution in [3.05, 3.63) is 105 Å². The molecule has 1 aliphatic rings. The third-order valence-electron chi connectivity index (χ3n) is 6.45. The van der Waals surface area contributed by atoms with Gasteiger partial charge in [0.1, 0.15) is 5.56 Å². The number of aryl methyl sites for hydroxylation is 2. The molecular weight excluding hydrogens is 481 g/mol. The smallest absolute Gasteiger partial charge is 0.259 e. The average molecular weight is 506 g/mol. The topological polar surface area (TPSA) is 49.6 Å². The second-order valence-electron chi connectivity index (χ2n) is 8.80. The lowest BCUT2D eigenvalue weighted by Gasteiger charge is -2.43. The molecule has 3 aromatic carbocycles. The van der Waals surface area contributed by atoms with Crippen LogP contribution in [0.15, 0.2) is 77.3 Å². The van der Waals surface area contributed by atoms with E-state index >= 15 is 0 Å². The second-order valence-corrected chi connectivity index (χ2v) is 9.65. The third kappa shape index (κ3) is 4.66. The normalized spacial score (nSPS) is 15.9. The number of halogens is 2. The van der Waals surface area contributed by atoms with Gasteiger partial charge in [-0.3, -0.25) is 4.79 Å². The molecule has 0 saturated carbocycles. The first-order chi connectivity index (χ1) is 16.9. The quantitative estimate of drug-likeness (QED) is 0.300. The van der Waals surface area contributed by atoms with Crippen molar-refractivity contribution in [2.75, 3.05) is 24.5 Å². The first-order valence-electron chi connectivity index (χ1n) is 11.5. The van der Waals surface area contributed by atoms with Crippen molar-refractivity contribution in [2.24, 2.45) is 0 Å². The van der Waals surface area contributed by atoms with Gasteiger partial charge in [0, 0.05) is 30.2 Å². The summed E-state index contributed by atoms with van der Waals surface area (Å²) in [6, 6.07) is 23.4. The average Bonchev–Trinajstić information content (AvgIpc) is 3.26. The van der Waals surface area contributed by atoms with Crippen LogP contribution in [0.2, 0.25) is 10.0 Å². The molecule has 1 aliphatic heterocycles. The van der Waals surface area contributed by atoms with Gasteiger partial charge < -0.3 is 14.3 Å². The Kier molecular flexibility index (Phi) is 6.54. The van der Waals surface area contributed by atoms with Crippen molar-refractivity contribution < 1.29 is 9.32 Å². The monoisotopic (exact) mass is 505 g/mol. The van der Waals surface area contributed by atoms with E-state index in [1.165, 1.54) is 0 Å². The van der Waals surface area contributed by atoms with E-state index in [0.29, 0.717) is 46.7 Å². The summed E-state index contributed by atoms with van der Waals surface area (Å²) in [6.45, 7) is 5.50. The molecule has 0 N–H and O–H groups in total. The number of carbonyl (C=O) groups is 1. The van der Waals surface area contributed by atoms with E-state index in [1.807, 2.05) is 79.4 Å². The van der Waals surface area contributed by atoms with Gasteiger partial charge in [-0.15, -0.1) is 0 Å². The molecule has 0 bridgehead atoms. The highest BCUT2D eigenvalue weighted by Gasteiger charge is 2.34. The zero-order valence-electron chi connectivity index (χ0n) is 19.5. The van der Waals surface area contributed by atoms with Gasteiger partial charge in [-0.2, -0.15) is 0 Å². The number of nitrogens with zero attached hydrogens (tertiary/aromatic N) is 3. The molecule has 0 aliphatic carbocycles. The van der Waals surface area contributed by atoms with Gasteiger partial charge in [0.2, 0.25) is 0 Å². The maximum Gasteiger partial charge on any atom is 0.259 e. The largest absolute Gasteiger partial charge is 0.360 e. The summed E-state index contributed by atoms with van der Waals surface area (Å²) in [7, 11) is 0. The molecule has 2 heterocycles. The van der Waals surface area contributed by atoms with Gasteiger partial charge in [0.25, 0.3) is 5.91 Å². The van der Waals surface area contributed by atoms with Gasteiger partial charge in [-0.1, -0.05) is 76.9 Å². The lowest BCUT2D eigenvalue weighted by Crippen LogP contribution is -2.50. The fourth-order valence-electron chi connectivity index (χ4n) is 4.64. The molecule has 4 aromatic rings. The molecule has 0 spiro atoms. The number of aromatic nitrogens is 1. The van der Waals surface area contributed by atoms with Crippen LogP contribution in [0.4, 0.5) is 5.69 Å². The summed E-state index contributed by atoms with van der Waals surface area (Å²) in [5.41, 5.74) is 5.04. The molecule has 1 saturated heterocycles. The number of rotatable bonds is 4. The molecule has 5 nitrogen and oxygen atoms in total.